The van der Waals surface area contributed by atoms with Crippen LogP contribution in [-0.2, 0) is 15.6 Å². The summed E-state index contributed by atoms with van der Waals surface area (Å²) in [5.74, 6) is 0.236. The quantitative estimate of drug-likeness (QED) is 0.883. The molecule has 0 amide bonds. The van der Waals surface area contributed by atoms with Gasteiger partial charge in [0.05, 0.1) is 16.4 Å². The van der Waals surface area contributed by atoms with E-state index in [1.54, 1.807) is 0 Å². The van der Waals surface area contributed by atoms with Crippen molar-refractivity contribution in [2.75, 3.05) is 0 Å². The summed E-state index contributed by atoms with van der Waals surface area (Å²) >= 11 is 0. The summed E-state index contributed by atoms with van der Waals surface area (Å²) < 4.78 is 0. The molecule has 3 rings (SSSR count). The molecule has 0 unspecified atom stereocenters. The Morgan fingerprint density at radius 1 is 1.29 bits per heavy atom. The Morgan fingerprint density at radius 2 is 1.95 bits per heavy atom. The van der Waals surface area contributed by atoms with Gasteiger partial charge in [-0.15, -0.1) is 0 Å². The Hall–Kier alpha value is -1.84. The van der Waals surface area contributed by atoms with Gasteiger partial charge in [-0.05, 0) is 30.5 Å². The Kier molecular flexibility index (Phi) is 3.08. The summed E-state index contributed by atoms with van der Waals surface area (Å²) in [4.78, 5) is 19.8. The molecular formula is C17H22N2O2. The van der Waals surface area contributed by atoms with Crippen LogP contribution in [0.1, 0.15) is 57.8 Å². The highest BCUT2D eigenvalue weighted by Crippen LogP contribution is 2.42. The van der Waals surface area contributed by atoms with Gasteiger partial charge in [-0.2, -0.15) is 0 Å². The average Bonchev–Trinajstić information content (AvgIpc) is 3.04. The minimum atomic E-state index is -0.707. The topological polar surface area (TPSA) is 66.0 Å². The van der Waals surface area contributed by atoms with E-state index in [2.05, 4.69) is 30.7 Å². The predicted molar refractivity (Wildman–Crippen MR) is 82.6 cm³/mol. The largest absolute Gasteiger partial charge is 0.481 e. The molecule has 0 aliphatic heterocycles. The first-order chi connectivity index (χ1) is 9.83. The number of fused-ring (bicyclic) bond motifs is 1. The third kappa shape index (κ3) is 2.23. The SMILES string of the molecule is CC(C)(C)c1nc2ccc(C3(C(=O)O)CCCC3)cc2[nH]1. The van der Waals surface area contributed by atoms with E-state index >= 15 is 0 Å². The van der Waals surface area contributed by atoms with Crippen LogP contribution in [0.25, 0.3) is 11.0 Å². The van der Waals surface area contributed by atoms with Crippen LogP contribution in [0.5, 0.6) is 0 Å². The fourth-order valence-electron chi connectivity index (χ4n) is 3.27. The summed E-state index contributed by atoms with van der Waals surface area (Å²) in [7, 11) is 0. The van der Waals surface area contributed by atoms with Crippen molar-refractivity contribution in [1.82, 2.24) is 9.97 Å². The summed E-state index contributed by atoms with van der Waals surface area (Å²) in [6.45, 7) is 6.34. The smallest absolute Gasteiger partial charge is 0.314 e. The van der Waals surface area contributed by atoms with Crippen molar-refractivity contribution in [3.05, 3.63) is 29.6 Å². The zero-order valence-electron chi connectivity index (χ0n) is 12.9. The molecule has 21 heavy (non-hydrogen) atoms. The first-order valence-electron chi connectivity index (χ1n) is 7.57. The number of aliphatic carboxylic acids is 1. The Labute approximate surface area is 124 Å². The van der Waals surface area contributed by atoms with Gasteiger partial charge in [0.2, 0.25) is 0 Å². The van der Waals surface area contributed by atoms with Gasteiger partial charge >= 0.3 is 5.97 Å². The Bertz CT molecular complexity index is 688. The maximum absolute atomic E-state index is 11.8. The lowest BCUT2D eigenvalue weighted by atomic mass is 9.79. The van der Waals surface area contributed by atoms with E-state index in [0.717, 1.165) is 48.1 Å². The molecule has 0 bridgehead atoms. The summed E-state index contributed by atoms with van der Waals surface area (Å²) in [5, 5.41) is 9.70. The zero-order chi connectivity index (χ0) is 15.3. The van der Waals surface area contributed by atoms with Crippen LogP contribution in [0.15, 0.2) is 18.2 Å². The molecule has 112 valence electrons. The van der Waals surface area contributed by atoms with Gasteiger partial charge in [0.15, 0.2) is 0 Å². The van der Waals surface area contributed by atoms with Gasteiger partial charge in [0.1, 0.15) is 5.82 Å². The van der Waals surface area contributed by atoms with Crippen molar-refractivity contribution in [2.24, 2.45) is 0 Å². The van der Waals surface area contributed by atoms with Crippen molar-refractivity contribution in [1.29, 1.82) is 0 Å². The molecule has 1 aromatic carbocycles. The summed E-state index contributed by atoms with van der Waals surface area (Å²) in [6, 6.07) is 5.87. The van der Waals surface area contributed by atoms with Crippen LogP contribution in [0.4, 0.5) is 0 Å². The fourth-order valence-corrected chi connectivity index (χ4v) is 3.27. The number of hydrogen-bond donors (Lipinski definition) is 2. The van der Waals surface area contributed by atoms with Crippen molar-refractivity contribution in [3.8, 4) is 0 Å². The van der Waals surface area contributed by atoms with Gasteiger partial charge < -0.3 is 10.1 Å². The number of nitrogens with zero attached hydrogens (tertiary/aromatic N) is 1. The Morgan fingerprint density at radius 3 is 2.52 bits per heavy atom. The number of nitrogens with one attached hydrogen (secondary N) is 1. The van der Waals surface area contributed by atoms with Crippen molar-refractivity contribution in [3.63, 3.8) is 0 Å². The van der Waals surface area contributed by atoms with Gasteiger partial charge in [-0.25, -0.2) is 4.98 Å². The number of aromatic amines is 1. The highest BCUT2D eigenvalue weighted by atomic mass is 16.4. The summed E-state index contributed by atoms with van der Waals surface area (Å²) in [5.41, 5.74) is 1.99. The lowest BCUT2D eigenvalue weighted by Gasteiger charge is -2.24. The van der Waals surface area contributed by atoms with Gasteiger partial charge in [-0.1, -0.05) is 39.7 Å². The minimum Gasteiger partial charge on any atom is -0.481 e. The van der Waals surface area contributed by atoms with Crippen molar-refractivity contribution >= 4 is 17.0 Å². The van der Waals surface area contributed by atoms with E-state index in [1.807, 2.05) is 18.2 Å². The van der Waals surface area contributed by atoms with Crippen LogP contribution in [0.3, 0.4) is 0 Å². The molecule has 1 saturated carbocycles. The second kappa shape index (κ2) is 4.58. The molecule has 2 N–H and O–H groups in total. The number of hydrogen-bond acceptors (Lipinski definition) is 2. The van der Waals surface area contributed by atoms with E-state index in [-0.39, 0.29) is 5.41 Å². The molecule has 1 aliphatic rings. The highest BCUT2D eigenvalue weighted by Gasteiger charge is 2.43. The second-order valence-corrected chi connectivity index (χ2v) is 7.16. The number of H-pyrrole nitrogens is 1. The minimum absolute atomic E-state index is 0.0446. The maximum Gasteiger partial charge on any atom is 0.314 e. The van der Waals surface area contributed by atoms with Gasteiger partial charge in [-0.3, -0.25) is 4.79 Å². The normalized spacial score (nSPS) is 18.2. The third-order valence-corrected chi connectivity index (χ3v) is 4.61. The van der Waals surface area contributed by atoms with Crippen LogP contribution in [-0.4, -0.2) is 21.0 Å². The maximum atomic E-state index is 11.8. The predicted octanol–water partition coefficient (Wildman–Crippen LogP) is 3.76. The number of aromatic nitrogens is 2. The molecule has 4 heteroatoms. The van der Waals surface area contributed by atoms with Crippen LogP contribution < -0.4 is 0 Å². The van der Waals surface area contributed by atoms with Crippen LogP contribution in [0, 0.1) is 0 Å². The number of benzene rings is 1. The lowest BCUT2D eigenvalue weighted by molar-refractivity contribution is -0.143. The fraction of sp³-hybridized carbons (Fsp3) is 0.529. The molecule has 0 saturated heterocycles. The molecule has 0 atom stereocenters. The van der Waals surface area contributed by atoms with E-state index in [4.69, 9.17) is 0 Å². The highest BCUT2D eigenvalue weighted by molar-refractivity contribution is 5.85. The van der Waals surface area contributed by atoms with Crippen LogP contribution >= 0.6 is 0 Å². The van der Waals surface area contributed by atoms with Crippen LogP contribution in [0.2, 0.25) is 0 Å². The van der Waals surface area contributed by atoms with Crippen molar-refractivity contribution in [2.45, 2.75) is 57.3 Å². The Balaban J connectivity index is 2.10. The molecular weight excluding hydrogens is 264 g/mol. The molecule has 1 aliphatic carbocycles. The van der Waals surface area contributed by atoms with Gasteiger partial charge in [0.25, 0.3) is 0 Å². The van der Waals surface area contributed by atoms with E-state index in [0.29, 0.717) is 0 Å². The number of rotatable bonds is 2. The molecule has 2 aromatic rings. The number of imidazole rings is 1. The van der Waals surface area contributed by atoms with Crippen molar-refractivity contribution < 1.29 is 9.90 Å². The number of carboxylic acid groups (broad SMARTS) is 1. The molecule has 0 spiro atoms. The first kappa shape index (κ1) is 14.1. The van der Waals surface area contributed by atoms with E-state index in [1.165, 1.54) is 0 Å². The molecule has 1 fully saturated rings. The van der Waals surface area contributed by atoms with Gasteiger partial charge in [0, 0.05) is 5.41 Å². The number of carboxylic acids is 1. The molecule has 1 aromatic heterocycles. The first-order valence-corrected chi connectivity index (χ1v) is 7.57. The zero-order valence-corrected chi connectivity index (χ0v) is 12.9. The molecule has 0 radical (unpaired) electrons. The lowest BCUT2D eigenvalue weighted by Crippen LogP contribution is -2.32. The molecule has 1 heterocycles. The average molecular weight is 286 g/mol. The van der Waals surface area contributed by atoms with E-state index < -0.39 is 11.4 Å². The second-order valence-electron chi connectivity index (χ2n) is 7.16. The standard InChI is InChI=1S/C17H22N2O2/c1-16(2,3)14-18-12-7-6-11(10-13(12)19-14)17(15(20)21)8-4-5-9-17/h6-7,10H,4-5,8-9H2,1-3H3,(H,18,19)(H,20,21). The third-order valence-electron chi connectivity index (χ3n) is 4.61. The van der Waals surface area contributed by atoms with E-state index in [9.17, 15) is 9.90 Å². The monoisotopic (exact) mass is 286 g/mol. The number of carbonyl (C=O) groups is 1. The summed E-state index contributed by atoms with van der Waals surface area (Å²) in [6.07, 6.45) is 3.43. The molecule has 4 nitrogen and oxygen atoms in total.